The Labute approximate surface area is 142 Å². The average molecular weight is 320 g/mol. The van der Waals surface area contributed by atoms with Crippen LogP contribution in [0, 0.1) is 0 Å². The fourth-order valence-corrected chi connectivity index (χ4v) is 2.65. The summed E-state index contributed by atoms with van der Waals surface area (Å²) in [6, 6.07) is 8.33. The van der Waals surface area contributed by atoms with E-state index in [-0.39, 0.29) is 0 Å². The Morgan fingerprint density at radius 2 is 1.67 bits per heavy atom. The third-order valence-corrected chi connectivity index (χ3v) is 3.48. The Bertz CT molecular complexity index is 921. The van der Waals surface area contributed by atoms with Gasteiger partial charge in [0.05, 0.1) is 10.9 Å². The molecule has 0 saturated heterocycles. The Morgan fingerprint density at radius 1 is 0.958 bits per heavy atom. The molecule has 0 spiro atoms. The molecule has 1 aromatic carbocycles. The topological polar surface area (TPSA) is 43.6 Å². The van der Waals surface area contributed by atoms with Crippen LogP contribution in [-0.2, 0) is 0 Å². The van der Waals surface area contributed by atoms with Crippen molar-refractivity contribution < 1.29 is 0 Å². The van der Waals surface area contributed by atoms with Gasteiger partial charge in [-0.2, -0.15) is 0 Å². The van der Waals surface area contributed by atoms with Gasteiger partial charge in [-0.25, -0.2) is 15.0 Å². The third-order valence-electron chi connectivity index (χ3n) is 3.48. The van der Waals surface area contributed by atoms with E-state index in [2.05, 4.69) is 62.0 Å². The molecule has 24 heavy (non-hydrogen) atoms. The predicted octanol–water partition coefficient (Wildman–Crippen LogP) is 3.39. The minimum absolute atomic E-state index is 0.656. The van der Waals surface area contributed by atoms with Crippen LogP contribution in [0.1, 0.15) is 34.1 Å². The van der Waals surface area contributed by atoms with E-state index in [1.165, 1.54) is 23.3 Å². The van der Waals surface area contributed by atoms with Gasteiger partial charge in [0.15, 0.2) is 0 Å². The first kappa shape index (κ1) is 17.6. The molecule has 0 aliphatic heterocycles. The highest BCUT2D eigenvalue weighted by Crippen LogP contribution is 2.12. The van der Waals surface area contributed by atoms with E-state index < -0.39 is 0 Å². The van der Waals surface area contributed by atoms with Gasteiger partial charge in [-0.15, -0.1) is 0 Å². The molecule has 1 aliphatic carbocycles. The van der Waals surface area contributed by atoms with Gasteiger partial charge < -0.3 is 0 Å². The lowest BCUT2D eigenvalue weighted by Crippen LogP contribution is -2.28. The quantitative estimate of drug-likeness (QED) is 0.690. The average Bonchev–Trinajstić information content (AvgIpc) is 2.82. The number of para-hydroxylation sites is 1. The maximum absolute atomic E-state index is 4.30. The summed E-state index contributed by atoms with van der Waals surface area (Å²) in [5, 5.41) is 3.57. The summed E-state index contributed by atoms with van der Waals surface area (Å²) in [7, 11) is 0. The van der Waals surface area contributed by atoms with E-state index in [0.717, 1.165) is 17.3 Å². The Kier molecular flexibility index (Phi) is 6.43. The smallest absolute Gasteiger partial charge is 0.237 e. The van der Waals surface area contributed by atoms with E-state index in [0.29, 0.717) is 5.95 Å². The van der Waals surface area contributed by atoms with Gasteiger partial charge in [0.1, 0.15) is 12.7 Å². The van der Waals surface area contributed by atoms with E-state index in [4.69, 9.17) is 0 Å². The van der Waals surface area contributed by atoms with Crippen LogP contribution in [0.25, 0.3) is 29.0 Å². The van der Waals surface area contributed by atoms with Crippen LogP contribution in [0.4, 0.5) is 0 Å². The highest BCUT2D eigenvalue weighted by molar-refractivity contribution is 5.84. The van der Waals surface area contributed by atoms with Crippen LogP contribution >= 0.6 is 0 Å². The van der Waals surface area contributed by atoms with Crippen molar-refractivity contribution in [1.82, 2.24) is 19.5 Å². The number of aromatic nitrogens is 4. The minimum Gasteiger partial charge on any atom is -0.278 e. The van der Waals surface area contributed by atoms with Crippen molar-refractivity contribution in [1.29, 1.82) is 0 Å². The molecule has 0 N–H and O–H groups in total. The Hall–Kier alpha value is -2.75. The van der Waals surface area contributed by atoms with Crippen LogP contribution < -0.4 is 10.6 Å². The van der Waals surface area contributed by atoms with Crippen LogP contribution in [-0.4, -0.2) is 19.5 Å². The third kappa shape index (κ3) is 3.27. The van der Waals surface area contributed by atoms with E-state index in [1.807, 2.05) is 33.8 Å². The van der Waals surface area contributed by atoms with Crippen LogP contribution in [0.2, 0.25) is 0 Å². The molecule has 2 aromatic heterocycles. The fraction of sp³-hybridized carbons (Fsp3) is 0.250. The monoisotopic (exact) mass is 320 g/mol. The molecule has 1 aliphatic rings. The van der Waals surface area contributed by atoms with Gasteiger partial charge in [0.25, 0.3) is 0 Å². The van der Waals surface area contributed by atoms with E-state index in [1.54, 1.807) is 0 Å². The van der Waals surface area contributed by atoms with Crippen LogP contribution in [0.5, 0.6) is 0 Å². The number of nitrogens with zero attached hydrogens (tertiary/aromatic N) is 4. The first-order valence-electron chi connectivity index (χ1n) is 8.54. The normalized spacial score (nSPS) is 11.7. The minimum atomic E-state index is 0.656. The molecule has 0 atom stereocenters. The largest absolute Gasteiger partial charge is 0.278 e. The Morgan fingerprint density at radius 3 is 2.42 bits per heavy atom. The Balaban J connectivity index is 0.000000487. The second kappa shape index (κ2) is 8.77. The maximum atomic E-state index is 4.30. The highest BCUT2D eigenvalue weighted by Gasteiger charge is 2.10. The molecule has 4 nitrogen and oxygen atoms in total. The van der Waals surface area contributed by atoms with Gasteiger partial charge in [-0.1, -0.05) is 70.2 Å². The molecule has 0 amide bonds. The van der Waals surface area contributed by atoms with Gasteiger partial charge in [-0.3, -0.25) is 4.57 Å². The van der Waals surface area contributed by atoms with Crippen molar-refractivity contribution in [3.8, 4) is 5.95 Å². The lowest BCUT2D eigenvalue weighted by atomic mass is 10.2. The molecular weight excluding hydrogens is 296 g/mol. The fourth-order valence-electron chi connectivity index (χ4n) is 2.65. The molecule has 3 aromatic rings. The summed E-state index contributed by atoms with van der Waals surface area (Å²) in [4.78, 5) is 12.5. The summed E-state index contributed by atoms with van der Waals surface area (Å²) >= 11 is 0. The molecule has 0 fully saturated rings. The lowest BCUT2D eigenvalue weighted by molar-refractivity contribution is 0.898. The van der Waals surface area contributed by atoms with Crippen molar-refractivity contribution >= 4 is 23.1 Å². The van der Waals surface area contributed by atoms with E-state index >= 15 is 0 Å². The first-order chi connectivity index (χ1) is 11.9. The molecule has 0 radical (unpaired) electrons. The van der Waals surface area contributed by atoms with Gasteiger partial charge in [-0.05, 0) is 12.5 Å². The molecule has 0 saturated carbocycles. The van der Waals surface area contributed by atoms with Crippen molar-refractivity contribution in [3.05, 3.63) is 59.6 Å². The summed E-state index contributed by atoms with van der Waals surface area (Å²) in [5.41, 5.74) is 1.12. The van der Waals surface area contributed by atoms with Crippen LogP contribution in [0.15, 0.2) is 49.1 Å². The number of hydrogen-bond acceptors (Lipinski definition) is 3. The molecule has 2 heterocycles. The second-order valence-electron chi connectivity index (χ2n) is 4.62. The van der Waals surface area contributed by atoms with Crippen molar-refractivity contribution in [3.63, 3.8) is 0 Å². The molecule has 124 valence electrons. The lowest BCUT2D eigenvalue weighted by Gasteiger charge is -2.02. The van der Waals surface area contributed by atoms with Crippen molar-refractivity contribution in [2.24, 2.45) is 0 Å². The number of rotatable bonds is 1. The van der Waals surface area contributed by atoms with Crippen LogP contribution in [0.3, 0.4) is 0 Å². The second-order valence-corrected chi connectivity index (χ2v) is 4.62. The first-order valence-corrected chi connectivity index (χ1v) is 8.54. The predicted molar refractivity (Wildman–Crippen MR) is 101 cm³/mol. The standard InChI is InChI=1S/C16H12N4.2C2H6/c1-2-6-12-13-7-4-5-9-15(13)20(14(12)8-3-1)16-18-10-17-11-19-16;2*1-2/h1-2,4-11H,3H2;2*1-2H3. The SMILES string of the molecule is C1=CCC=c2c(c3ccccc3n2-c2ncncn2)=C1.CC.CC. The van der Waals surface area contributed by atoms with Gasteiger partial charge in [0, 0.05) is 10.6 Å². The maximum Gasteiger partial charge on any atom is 0.237 e. The number of allylic oxidation sites excluding steroid dienone is 2. The number of benzene rings is 1. The number of fused-ring (bicyclic) bond motifs is 3. The zero-order valence-corrected chi connectivity index (χ0v) is 14.8. The molecule has 0 bridgehead atoms. The highest BCUT2D eigenvalue weighted by atomic mass is 15.2. The summed E-state index contributed by atoms with van der Waals surface area (Å²) in [6.07, 6.45) is 12.6. The van der Waals surface area contributed by atoms with Gasteiger partial charge >= 0.3 is 0 Å². The molecule has 4 rings (SSSR count). The van der Waals surface area contributed by atoms with Crippen molar-refractivity contribution in [2.45, 2.75) is 34.1 Å². The summed E-state index contributed by atoms with van der Waals surface area (Å²) < 4.78 is 2.09. The zero-order valence-electron chi connectivity index (χ0n) is 14.8. The van der Waals surface area contributed by atoms with E-state index in [9.17, 15) is 0 Å². The molecular formula is C20H24N4. The van der Waals surface area contributed by atoms with Gasteiger partial charge in [0.2, 0.25) is 5.95 Å². The van der Waals surface area contributed by atoms with Crippen molar-refractivity contribution in [2.75, 3.05) is 0 Å². The summed E-state index contributed by atoms with van der Waals surface area (Å²) in [6.45, 7) is 8.00. The molecule has 0 unspecified atom stereocenters. The molecule has 4 heteroatoms. The summed E-state index contributed by atoms with van der Waals surface area (Å²) in [5.74, 6) is 0.656. The number of hydrogen-bond donors (Lipinski definition) is 0. The zero-order chi connectivity index (χ0) is 17.4.